The highest BCUT2D eigenvalue weighted by Crippen LogP contribution is 2.32. The van der Waals surface area contributed by atoms with Gasteiger partial charge >= 0.3 is 0 Å². The maximum absolute atomic E-state index is 5.96. The van der Waals surface area contributed by atoms with Crippen LogP contribution in [0.25, 0.3) is 0 Å². The highest BCUT2D eigenvalue weighted by molar-refractivity contribution is 6.34. The minimum Gasteiger partial charge on any atom is -0.437 e. The first-order chi connectivity index (χ1) is 8.51. The van der Waals surface area contributed by atoms with E-state index in [1.807, 2.05) is 6.92 Å². The van der Waals surface area contributed by atoms with Crippen LogP contribution >= 0.6 is 23.2 Å². The van der Waals surface area contributed by atoms with Gasteiger partial charge in [-0.3, -0.25) is 0 Å². The fourth-order valence-corrected chi connectivity index (χ4v) is 2.17. The Bertz CT molecular complexity index is 561. The molecule has 0 aliphatic heterocycles. The number of ether oxygens (including phenoxy) is 1. The largest absolute Gasteiger partial charge is 0.437 e. The number of aromatic nitrogens is 2. The average molecular weight is 286 g/mol. The number of nitrogens with zero attached hydrogens (tertiary/aromatic N) is 2. The molecule has 0 aliphatic carbocycles. The maximum atomic E-state index is 5.96. The van der Waals surface area contributed by atoms with Gasteiger partial charge in [-0.25, -0.2) is 4.68 Å². The van der Waals surface area contributed by atoms with Crippen LogP contribution in [-0.2, 0) is 13.5 Å². The molecule has 1 heterocycles. The molecule has 18 heavy (non-hydrogen) atoms. The minimum atomic E-state index is 0.491. The molecule has 0 spiro atoms. The van der Waals surface area contributed by atoms with Crippen molar-refractivity contribution in [1.29, 1.82) is 0 Å². The molecular weight excluding hydrogens is 273 g/mol. The number of benzene rings is 1. The second-order valence-corrected chi connectivity index (χ2v) is 4.72. The van der Waals surface area contributed by atoms with Crippen LogP contribution in [0.4, 0.5) is 5.69 Å². The summed E-state index contributed by atoms with van der Waals surface area (Å²) in [5, 5.41) is 5.29. The lowest BCUT2D eigenvalue weighted by atomic mass is 10.3. The van der Waals surface area contributed by atoms with E-state index in [1.54, 1.807) is 29.9 Å². The van der Waals surface area contributed by atoms with Crippen LogP contribution in [0.5, 0.6) is 11.6 Å². The van der Waals surface area contributed by atoms with Crippen LogP contribution in [0.1, 0.15) is 12.6 Å². The van der Waals surface area contributed by atoms with Crippen LogP contribution in [0, 0.1) is 0 Å². The molecule has 1 aromatic heterocycles. The molecule has 2 rings (SSSR count). The molecule has 0 atom stereocenters. The average Bonchev–Trinajstić information content (AvgIpc) is 2.55. The van der Waals surface area contributed by atoms with Gasteiger partial charge in [0.1, 0.15) is 11.4 Å². The predicted octanol–water partition coefficient (Wildman–Crippen LogP) is 3.66. The molecule has 2 aromatic rings. The molecule has 0 saturated carbocycles. The molecule has 0 bridgehead atoms. The Kier molecular flexibility index (Phi) is 3.68. The lowest BCUT2D eigenvalue weighted by Gasteiger charge is -2.07. The Morgan fingerprint density at radius 2 is 1.89 bits per heavy atom. The van der Waals surface area contributed by atoms with Gasteiger partial charge in [-0.15, -0.1) is 0 Å². The first-order valence-corrected chi connectivity index (χ1v) is 6.22. The van der Waals surface area contributed by atoms with E-state index < -0.39 is 0 Å². The topological polar surface area (TPSA) is 53.1 Å². The van der Waals surface area contributed by atoms with E-state index in [0.717, 1.165) is 12.1 Å². The van der Waals surface area contributed by atoms with Gasteiger partial charge in [0.15, 0.2) is 0 Å². The molecule has 0 fully saturated rings. The summed E-state index contributed by atoms with van der Waals surface area (Å²) in [6.45, 7) is 1.98. The number of nitrogens with two attached hydrogens (primary N) is 1. The number of hydrogen-bond acceptors (Lipinski definition) is 3. The molecule has 2 N–H and O–H groups in total. The molecule has 0 radical (unpaired) electrons. The standard InChI is InChI=1S/C12H13Cl2N3O/c1-3-10-11(15)12(17(2)16-10)18-9-5-7(13)4-8(14)6-9/h4-6H,3,15H2,1-2H3. The van der Waals surface area contributed by atoms with Gasteiger partial charge in [0, 0.05) is 17.1 Å². The second kappa shape index (κ2) is 5.08. The maximum Gasteiger partial charge on any atom is 0.241 e. The molecular formula is C12H13Cl2N3O. The molecule has 0 unspecified atom stereocenters. The zero-order valence-electron chi connectivity index (χ0n) is 10.1. The van der Waals surface area contributed by atoms with E-state index in [-0.39, 0.29) is 0 Å². The highest BCUT2D eigenvalue weighted by atomic mass is 35.5. The summed E-state index contributed by atoms with van der Waals surface area (Å²) in [4.78, 5) is 0. The molecule has 6 heteroatoms. The number of hydrogen-bond donors (Lipinski definition) is 1. The summed E-state index contributed by atoms with van der Waals surface area (Å²) in [5.74, 6) is 1.02. The van der Waals surface area contributed by atoms with E-state index >= 15 is 0 Å². The quantitative estimate of drug-likeness (QED) is 0.936. The summed E-state index contributed by atoms with van der Waals surface area (Å²) in [5.41, 5.74) is 7.31. The fraction of sp³-hybridized carbons (Fsp3) is 0.250. The monoisotopic (exact) mass is 285 g/mol. The van der Waals surface area contributed by atoms with Gasteiger partial charge in [0.2, 0.25) is 5.88 Å². The first kappa shape index (κ1) is 13.1. The summed E-state index contributed by atoms with van der Waals surface area (Å²) >= 11 is 11.8. The van der Waals surface area contributed by atoms with E-state index in [1.165, 1.54) is 0 Å². The van der Waals surface area contributed by atoms with E-state index in [2.05, 4.69) is 5.10 Å². The van der Waals surface area contributed by atoms with Crippen molar-refractivity contribution in [2.24, 2.45) is 7.05 Å². The van der Waals surface area contributed by atoms with Crippen molar-refractivity contribution in [3.63, 3.8) is 0 Å². The molecule has 1 aromatic carbocycles. The molecule has 4 nitrogen and oxygen atoms in total. The van der Waals surface area contributed by atoms with Gasteiger partial charge in [0.05, 0.1) is 5.69 Å². The minimum absolute atomic E-state index is 0.491. The van der Waals surface area contributed by atoms with Gasteiger partial charge in [-0.1, -0.05) is 30.1 Å². The van der Waals surface area contributed by atoms with Crippen molar-refractivity contribution in [3.8, 4) is 11.6 Å². The lowest BCUT2D eigenvalue weighted by Crippen LogP contribution is -1.97. The predicted molar refractivity (Wildman–Crippen MR) is 73.5 cm³/mol. The zero-order valence-corrected chi connectivity index (χ0v) is 11.6. The Labute approximate surface area is 115 Å². The summed E-state index contributed by atoms with van der Waals surface area (Å²) in [6, 6.07) is 4.98. The van der Waals surface area contributed by atoms with Gasteiger partial charge < -0.3 is 10.5 Å². The number of halogens is 2. The second-order valence-electron chi connectivity index (χ2n) is 3.85. The van der Waals surface area contributed by atoms with E-state index in [0.29, 0.717) is 27.4 Å². The number of rotatable bonds is 3. The molecule has 0 saturated heterocycles. The van der Waals surface area contributed by atoms with Crippen molar-refractivity contribution in [2.75, 3.05) is 5.73 Å². The zero-order chi connectivity index (χ0) is 13.3. The molecule has 96 valence electrons. The normalized spacial score (nSPS) is 10.7. The fourth-order valence-electron chi connectivity index (χ4n) is 1.66. The van der Waals surface area contributed by atoms with E-state index in [4.69, 9.17) is 33.7 Å². The van der Waals surface area contributed by atoms with Crippen molar-refractivity contribution >= 4 is 28.9 Å². The summed E-state index contributed by atoms with van der Waals surface area (Å²) in [7, 11) is 1.77. The van der Waals surface area contributed by atoms with Crippen LogP contribution in [0.2, 0.25) is 10.0 Å². The summed E-state index contributed by atoms with van der Waals surface area (Å²) < 4.78 is 7.29. The smallest absolute Gasteiger partial charge is 0.241 e. The number of anilines is 1. The first-order valence-electron chi connectivity index (χ1n) is 5.46. The van der Waals surface area contributed by atoms with Crippen LogP contribution < -0.4 is 10.5 Å². The Hall–Kier alpha value is -1.39. The van der Waals surface area contributed by atoms with Gasteiger partial charge in [-0.2, -0.15) is 5.10 Å². The SMILES string of the molecule is CCc1nn(C)c(Oc2cc(Cl)cc(Cl)c2)c1N. The van der Waals surface area contributed by atoms with Crippen LogP contribution in [0.3, 0.4) is 0 Å². The van der Waals surface area contributed by atoms with Crippen LogP contribution in [0.15, 0.2) is 18.2 Å². The lowest BCUT2D eigenvalue weighted by molar-refractivity contribution is 0.432. The van der Waals surface area contributed by atoms with Crippen molar-refractivity contribution in [3.05, 3.63) is 33.9 Å². The van der Waals surface area contributed by atoms with E-state index in [9.17, 15) is 0 Å². The van der Waals surface area contributed by atoms with Crippen molar-refractivity contribution in [2.45, 2.75) is 13.3 Å². The molecule has 0 aliphatic rings. The molecule has 0 amide bonds. The third kappa shape index (κ3) is 2.54. The Morgan fingerprint density at radius 3 is 2.39 bits per heavy atom. The van der Waals surface area contributed by atoms with Gasteiger partial charge in [0.25, 0.3) is 0 Å². The van der Waals surface area contributed by atoms with Crippen molar-refractivity contribution < 1.29 is 4.74 Å². The number of nitrogen functional groups attached to an aromatic ring is 1. The third-order valence-electron chi connectivity index (χ3n) is 2.49. The van der Waals surface area contributed by atoms with Crippen LogP contribution in [-0.4, -0.2) is 9.78 Å². The Balaban J connectivity index is 2.36. The summed E-state index contributed by atoms with van der Waals surface area (Å²) in [6.07, 6.45) is 0.749. The third-order valence-corrected chi connectivity index (χ3v) is 2.93. The highest BCUT2D eigenvalue weighted by Gasteiger charge is 2.14. The number of aryl methyl sites for hydroxylation is 2. The Morgan fingerprint density at radius 1 is 1.28 bits per heavy atom. The van der Waals surface area contributed by atoms with Crippen molar-refractivity contribution in [1.82, 2.24) is 9.78 Å². The van der Waals surface area contributed by atoms with Gasteiger partial charge in [-0.05, 0) is 24.6 Å².